The van der Waals surface area contributed by atoms with Crippen molar-refractivity contribution in [3.05, 3.63) is 88.0 Å². The van der Waals surface area contributed by atoms with Gasteiger partial charge in [-0.2, -0.15) is 0 Å². The molecule has 3 rings (SSSR count). The lowest BCUT2D eigenvalue weighted by Crippen LogP contribution is -2.05. The Morgan fingerprint density at radius 3 is 2.12 bits per heavy atom. The Labute approximate surface area is 159 Å². The monoisotopic (exact) mass is 413 g/mol. The first-order chi connectivity index (χ1) is 12.4. The molecule has 26 heavy (non-hydrogen) atoms. The van der Waals surface area contributed by atoms with Gasteiger partial charge in [0.1, 0.15) is 0 Å². The number of nitrogens with zero attached hydrogens (tertiary/aromatic N) is 1. The largest absolute Gasteiger partial charge is 0.478 e. The summed E-state index contributed by atoms with van der Waals surface area (Å²) in [6.07, 6.45) is 1.81. The summed E-state index contributed by atoms with van der Waals surface area (Å²) in [7, 11) is 0. The second-order valence-electron chi connectivity index (χ2n) is 5.32. The van der Waals surface area contributed by atoms with E-state index in [4.69, 9.17) is 10.2 Å². The van der Waals surface area contributed by atoms with Crippen molar-refractivity contribution in [3.8, 4) is 11.3 Å². The highest BCUT2D eigenvalue weighted by atomic mass is 79.9. The van der Waals surface area contributed by atoms with Gasteiger partial charge in [-0.25, -0.2) is 9.59 Å². The molecule has 0 amide bonds. The quantitative estimate of drug-likeness (QED) is 0.637. The van der Waals surface area contributed by atoms with Gasteiger partial charge >= 0.3 is 11.9 Å². The van der Waals surface area contributed by atoms with Crippen molar-refractivity contribution in [1.29, 1.82) is 0 Å². The Balaban J connectivity index is 0.000000189. The van der Waals surface area contributed by atoms with Crippen LogP contribution < -0.4 is 0 Å². The first-order valence-corrected chi connectivity index (χ1v) is 8.42. The summed E-state index contributed by atoms with van der Waals surface area (Å²) in [5.41, 5.74) is 2.66. The van der Waals surface area contributed by atoms with Crippen LogP contribution in [0.4, 0.5) is 0 Å². The normalized spacial score (nSPS) is 9.77. The van der Waals surface area contributed by atoms with E-state index in [0.717, 1.165) is 17.3 Å². The van der Waals surface area contributed by atoms with E-state index >= 15 is 0 Å². The zero-order valence-corrected chi connectivity index (χ0v) is 15.5. The summed E-state index contributed by atoms with van der Waals surface area (Å²) >= 11 is 3.11. The highest BCUT2D eigenvalue weighted by molar-refractivity contribution is 9.10. The zero-order valence-electron chi connectivity index (χ0n) is 13.9. The van der Waals surface area contributed by atoms with E-state index in [1.807, 2.05) is 42.6 Å². The van der Waals surface area contributed by atoms with Crippen molar-refractivity contribution >= 4 is 27.9 Å². The smallest absolute Gasteiger partial charge is 0.336 e. The molecule has 1 aromatic heterocycles. The molecule has 2 N–H and O–H groups in total. The molecule has 0 aliphatic rings. The third-order valence-corrected chi connectivity index (χ3v) is 4.38. The lowest BCUT2D eigenvalue weighted by molar-refractivity contribution is 0.0695. The van der Waals surface area contributed by atoms with Gasteiger partial charge in [0.25, 0.3) is 0 Å². The van der Waals surface area contributed by atoms with Crippen LogP contribution in [0.2, 0.25) is 0 Å². The second-order valence-corrected chi connectivity index (χ2v) is 6.18. The van der Waals surface area contributed by atoms with Crippen LogP contribution in [-0.2, 0) is 0 Å². The third kappa shape index (κ3) is 5.00. The molecule has 0 radical (unpaired) electrons. The maximum Gasteiger partial charge on any atom is 0.336 e. The number of benzene rings is 2. The van der Waals surface area contributed by atoms with Gasteiger partial charge in [-0.1, -0.05) is 52.3 Å². The zero-order chi connectivity index (χ0) is 19.1. The van der Waals surface area contributed by atoms with Crippen LogP contribution >= 0.6 is 15.9 Å². The lowest BCUT2D eigenvalue weighted by atomic mass is 10.1. The maximum atomic E-state index is 10.7. The number of hydrogen-bond donors (Lipinski definition) is 2. The molecule has 0 saturated carbocycles. The Hall–Kier alpha value is -2.99. The number of pyridine rings is 1. The van der Waals surface area contributed by atoms with Crippen molar-refractivity contribution in [3.63, 3.8) is 0 Å². The number of aromatic nitrogens is 1. The fourth-order valence-corrected chi connectivity index (χ4v) is 2.63. The summed E-state index contributed by atoms with van der Waals surface area (Å²) in [5.74, 6) is -2.28. The molecule has 0 aliphatic carbocycles. The topological polar surface area (TPSA) is 87.5 Å². The molecular weight excluding hydrogens is 398 g/mol. The molecule has 0 fully saturated rings. The highest BCUT2D eigenvalue weighted by Crippen LogP contribution is 2.22. The Morgan fingerprint density at radius 1 is 0.923 bits per heavy atom. The van der Waals surface area contributed by atoms with Gasteiger partial charge in [-0.05, 0) is 36.8 Å². The number of carbonyl (C=O) groups is 2. The summed E-state index contributed by atoms with van der Waals surface area (Å²) < 4.78 is 0.481. The molecule has 1 heterocycles. The number of carboxylic acids is 2. The van der Waals surface area contributed by atoms with Gasteiger partial charge in [0.15, 0.2) is 0 Å². The average molecular weight is 414 g/mol. The predicted octanol–water partition coefficient (Wildman–Crippen LogP) is 4.90. The fourth-order valence-electron chi connectivity index (χ4n) is 2.17. The van der Waals surface area contributed by atoms with E-state index in [2.05, 4.69) is 33.0 Å². The number of hydrogen-bond acceptors (Lipinski definition) is 3. The fraction of sp³-hybridized carbons (Fsp3) is 0.0500. The minimum Gasteiger partial charge on any atom is -0.478 e. The van der Waals surface area contributed by atoms with Crippen LogP contribution in [0.3, 0.4) is 0 Å². The number of halogens is 1. The Bertz CT molecular complexity index is 874. The molecule has 0 unspecified atom stereocenters. The van der Waals surface area contributed by atoms with Crippen LogP contribution in [0.15, 0.2) is 71.3 Å². The van der Waals surface area contributed by atoms with E-state index in [1.165, 1.54) is 6.07 Å². The number of aromatic carboxylic acids is 2. The highest BCUT2D eigenvalue weighted by Gasteiger charge is 2.14. The minimum atomic E-state index is -1.15. The summed E-state index contributed by atoms with van der Waals surface area (Å²) in [6.45, 7) is 1.61. The number of carboxylic acid groups (broad SMARTS) is 2. The second kappa shape index (κ2) is 8.92. The maximum absolute atomic E-state index is 10.7. The molecule has 0 aliphatic heterocycles. The summed E-state index contributed by atoms with van der Waals surface area (Å²) in [4.78, 5) is 25.6. The van der Waals surface area contributed by atoms with Crippen LogP contribution in [0.25, 0.3) is 11.3 Å². The molecule has 6 heteroatoms. The van der Waals surface area contributed by atoms with Crippen molar-refractivity contribution in [2.24, 2.45) is 0 Å². The Kier molecular flexibility index (Phi) is 6.63. The van der Waals surface area contributed by atoms with Gasteiger partial charge in [-0.3, -0.25) is 4.98 Å². The summed E-state index contributed by atoms with van der Waals surface area (Å²) in [5, 5.41) is 17.5. The van der Waals surface area contributed by atoms with Crippen molar-refractivity contribution in [2.45, 2.75) is 6.92 Å². The van der Waals surface area contributed by atoms with Crippen LogP contribution in [0.1, 0.15) is 26.3 Å². The van der Waals surface area contributed by atoms with Crippen LogP contribution in [0.5, 0.6) is 0 Å². The molecule has 0 spiro atoms. The van der Waals surface area contributed by atoms with Gasteiger partial charge in [-0.15, -0.1) is 0 Å². The van der Waals surface area contributed by atoms with Gasteiger partial charge < -0.3 is 10.2 Å². The molecule has 132 valence electrons. The van der Waals surface area contributed by atoms with Crippen LogP contribution in [-0.4, -0.2) is 27.1 Å². The Morgan fingerprint density at radius 2 is 1.58 bits per heavy atom. The van der Waals surface area contributed by atoms with E-state index in [1.54, 1.807) is 6.92 Å². The predicted molar refractivity (Wildman–Crippen MR) is 102 cm³/mol. The van der Waals surface area contributed by atoms with Crippen molar-refractivity contribution in [1.82, 2.24) is 4.98 Å². The number of rotatable bonds is 3. The lowest BCUT2D eigenvalue weighted by Gasteiger charge is -2.04. The molecule has 0 atom stereocenters. The molecule has 0 saturated heterocycles. The van der Waals surface area contributed by atoms with E-state index in [0.29, 0.717) is 10.0 Å². The van der Waals surface area contributed by atoms with E-state index in [-0.39, 0.29) is 11.1 Å². The van der Waals surface area contributed by atoms with Crippen molar-refractivity contribution < 1.29 is 19.8 Å². The van der Waals surface area contributed by atoms with Crippen LogP contribution in [0, 0.1) is 6.92 Å². The van der Waals surface area contributed by atoms with Gasteiger partial charge in [0.05, 0.1) is 16.8 Å². The SMILES string of the molecule is Cc1c(Br)cc(C(=O)O)cc1C(=O)O.c1ccc(-c2ccccn2)cc1. The molecular formula is C20H16BrNO4. The standard InChI is InChI=1S/C11H9N.C9H7BrO4/c1-2-6-10(7-3-1)11-8-4-5-9-12-11;1-4-6(9(13)14)2-5(8(11)12)3-7(4)10/h1-9H;2-3H,1H3,(H,11,12)(H,13,14). The molecule has 2 aromatic carbocycles. The first-order valence-electron chi connectivity index (χ1n) is 7.63. The minimum absolute atomic E-state index is 0.00299. The van der Waals surface area contributed by atoms with Gasteiger partial charge in [0.2, 0.25) is 0 Å². The first kappa shape index (κ1) is 19.3. The van der Waals surface area contributed by atoms with Crippen molar-refractivity contribution in [2.75, 3.05) is 0 Å². The molecule has 0 bridgehead atoms. The van der Waals surface area contributed by atoms with Gasteiger partial charge in [0, 0.05) is 16.2 Å². The average Bonchev–Trinajstić information content (AvgIpc) is 2.65. The third-order valence-electron chi connectivity index (χ3n) is 3.56. The summed E-state index contributed by atoms with van der Waals surface area (Å²) in [6, 6.07) is 18.6. The van der Waals surface area contributed by atoms with E-state index < -0.39 is 11.9 Å². The molecule has 5 nitrogen and oxygen atoms in total. The molecule has 3 aromatic rings. The van der Waals surface area contributed by atoms with E-state index in [9.17, 15) is 9.59 Å².